The number of thiazole rings is 1. The Kier molecular flexibility index (Phi) is 6.29. The first-order valence-corrected chi connectivity index (χ1v) is 11.9. The van der Waals surface area contributed by atoms with Gasteiger partial charge in [0, 0.05) is 18.4 Å². The molecule has 3 aromatic rings. The first-order valence-electron chi connectivity index (χ1n) is 11.0. The molecule has 3 nitrogen and oxygen atoms in total. The molecule has 0 bridgehead atoms. The summed E-state index contributed by atoms with van der Waals surface area (Å²) in [5, 5.41) is 1.07. The van der Waals surface area contributed by atoms with Gasteiger partial charge in [0.15, 0.2) is 0 Å². The van der Waals surface area contributed by atoms with Crippen LogP contribution in [-0.4, -0.2) is 22.3 Å². The van der Waals surface area contributed by atoms with Gasteiger partial charge in [0.05, 0.1) is 21.6 Å². The SMILES string of the molecule is C=CC[C@]1(c2ccc(F)cc2)CCN([C@@H](C)c2ccc(-c3sc(C)nc3C)cc2)C(=O)C1. The molecule has 1 aromatic heterocycles. The number of carbonyl (C=O) groups is 1. The maximum Gasteiger partial charge on any atom is 0.223 e. The van der Waals surface area contributed by atoms with Crippen molar-refractivity contribution in [2.75, 3.05) is 6.54 Å². The zero-order chi connectivity index (χ0) is 22.9. The van der Waals surface area contributed by atoms with Crippen LogP contribution in [0.4, 0.5) is 4.39 Å². The van der Waals surface area contributed by atoms with Crippen LogP contribution in [0.3, 0.4) is 0 Å². The smallest absolute Gasteiger partial charge is 0.223 e. The molecule has 32 heavy (non-hydrogen) atoms. The minimum Gasteiger partial charge on any atom is -0.336 e. The van der Waals surface area contributed by atoms with Gasteiger partial charge in [0.2, 0.25) is 5.91 Å². The van der Waals surface area contributed by atoms with E-state index in [1.54, 1.807) is 11.3 Å². The molecule has 1 amide bonds. The summed E-state index contributed by atoms with van der Waals surface area (Å²) < 4.78 is 13.5. The molecule has 1 saturated heterocycles. The van der Waals surface area contributed by atoms with Gasteiger partial charge in [-0.05, 0) is 62.4 Å². The van der Waals surface area contributed by atoms with E-state index in [1.807, 2.05) is 37.0 Å². The maximum atomic E-state index is 13.5. The van der Waals surface area contributed by atoms with Crippen molar-refractivity contribution in [3.63, 3.8) is 0 Å². The van der Waals surface area contributed by atoms with Gasteiger partial charge in [-0.3, -0.25) is 4.79 Å². The number of nitrogens with zero attached hydrogens (tertiary/aromatic N) is 2. The number of aryl methyl sites for hydroxylation is 2. The summed E-state index contributed by atoms with van der Waals surface area (Å²) in [6, 6.07) is 15.1. The van der Waals surface area contributed by atoms with Crippen LogP contribution < -0.4 is 0 Å². The van der Waals surface area contributed by atoms with Crippen LogP contribution in [0, 0.1) is 19.7 Å². The van der Waals surface area contributed by atoms with E-state index in [2.05, 4.69) is 42.8 Å². The third-order valence-corrected chi connectivity index (χ3v) is 7.78. The van der Waals surface area contributed by atoms with E-state index in [-0.39, 0.29) is 23.2 Å². The lowest BCUT2D eigenvalue weighted by atomic mass is 9.70. The van der Waals surface area contributed by atoms with Crippen molar-refractivity contribution < 1.29 is 9.18 Å². The minimum absolute atomic E-state index is 0.00390. The Morgan fingerprint density at radius 2 is 1.88 bits per heavy atom. The average Bonchev–Trinajstić information content (AvgIpc) is 3.12. The Morgan fingerprint density at radius 3 is 2.44 bits per heavy atom. The van der Waals surface area contributed by atoms with Crippen LogP contribution in [0.15, 0.2) is 61.2 Å². The molecule has 5 heteroatoms. The average molecular weight is 449 g/mol. The molecule has 1 fully saturated rings. The Bertz CT molecular complexity index is 1120. The standard InChI is InChI=1S/C27H29FN2OS/c1-5-14-27(23-10-12-24(28)13-11-23)15-16-30(25(31)17-27)19(3)21-6-8-22(9-7-21)26-18(2)29-20(4)32-26/h5-13,19H,1,14-17H2,2-4H3/t19-,27-/m0/s1. The molecular weight excluding hydrogens is 419 g/mol. The highest BCUT2D eigenvalue weighted by atomic mass is 32.1. The van der Waals surface area contributed by atoms with Gasteiger partial charge in [-0.25, -0.2) is 9.37 Å². The van der Waals surface area contributed by atoms with E-state index >= 15 is 0 Å². The lowest BCUT2D eigenvalue weighted by Gasteiger charge is -2.43. The number of rotatable bonds is 6. The van der Waals surface area contributed by atoms with Crippen LogP contribution in [0.1, 0.15) is 54.1 Å². The lowest BCUT2D eigenvalue weighted by molar-refractivity contribution is -0.138. The molecule has 0 radical (unpaired) electrons. The molecule has 2 heterocycles. The van der Waals surface area contributed by atoms with E-state index in [1.165, 1.54) is 17.0 Å². The normalized spacial score (nSPS) is 19.8. The number of piperidine rings is 1. The van der Waals surface area contributed by atoms with Gasteiger partial charge in [0.25, 0.3) is 0 Å². The fraction of sp³-hybridized carbons (Fsp3) is 0.333. The second kappa shape index (κ2) is 8.99. The number of hydrogen-bond acceptors (Lipinski definition) is 3. The third-order valence-electron chi connectivity index (χ3n) is 6.66. The summed E-state index contributed by atoms with van der Waals surface area (Å²) in [6.07, 6.45) is 3.82. The Hall–Kier alpha value is -2.79. The third kappa shape index (κ3) is 4.26. The number of likely N-dealkylation sites (tertiary alicyclic amines) is 1. The summed E-state index contributed by atoms with van der Waals surface area (Å²) in [5.74, 6) is -0.125. The van der Waals surface area contributed by atoms with Crippen molar-refractivity contribution in [1.29, 1.82) is 0 Å². The highest BCUT2D eigenvalue weighted by molar-refractivity contribution is 7.15. The van der Waals surface area contributed by atoms with Crippen molar-refractivity contribution in [2.24, 2.45) is 0 Å². The zero-order valence-electron chi connectivity index (χ0n) is 18.9. The number of halogens is 1. The maximum absolute atomic E-state index is 13.5. The van der Waals surface area contributed by atoms with Crippen molar-refractivity contribution >= 4 is 17.2 Å². The molecule has 0 N–H and O–H groups in total. The van der Waals surface area contributed by atoms with Gasteiger partial charge in [-0.1, -0.05) is 42.5 Å². The number of hydrogen-bond donors (Lipinski definition) is 0. The number of allylic oxidation sites excluding steroid dienone is 1. The summed E-state index contributed by atoms with van der Waals surface area (Å²) in [6.45, 7) is 10.7. The number of benzene rings is 2. The lowest BCUT2D eigenvalue weighted by Crippen LogP contribution is -2.47. The second-order valence-corrected chi connectivity index (χ2v) is 9.94. The molecule has 0 spiro atoms. The van der Waals surface area contributed by atoms with Crippen molar-refractivity contribution in [2.45, 2.75) is 51.5 Å². The molecule has 2 aromatic carbocycles. The van der Waals surface area contributed by atoms with Gasteiger partial charge >= 0.3 is 0 Å². The molecule has 166 valence electrons. The van der Waals surface area contributed by atoms with E-state index in [9.17, 15) is 9.18 Å². The monoisotopic (exact) mass is 448 g/mol. The quantitative estimate of drug-likeness (QED) is 0.390. The predicted octanol–water partition coefficient (Wildman–Crippen LogP) is 6.76. The molecule has 2 atom stereocenters. The van der Waals surface area contributed by atoms with Crippen molar-refractivity contribution in [3.8, 4) is 10.4 Å². The molecule has 0 aliphatic carbocycles. The van der Waals surface area contributed by atoms with E-state index in [4.69, 9.17) is 0 Å². The highest BCUT2D eigenvalue weighted by Crippen LogP contribution is 2.41. The largest absolute Gasteiger partial charge is 0.336 e. The van der Waals surface area contributed by atoms with Crippen LogP contribution >= 0.6 is 11.3 Å². The van der Waals surface area contributed by atoms with Crippen LogP contribution in [0.25, 0.3) is 10.4 Å². The van der Waals surface area contributed by atoms with Gasteiger partial charge in [-0.15, -0.1) is 17.9 Å². The predicted molar refractivity (Wildman–Crippen MR) is 129 cm³/mol. The second-order valence-electron chi connectivity index (χ2n) is 8.74. The van der Waals surface area contributed by atoms with Crippen molar-refractivity contribution in [3.05, 3.63) is 88.8 Å². The highest BCUT2D eigenvalue weighted by Gasteiger charge is 2.40. The van der Waals surface area contributed by atoms with Crippen LogP contribution in [0.2, 0.25) is 0 Å². The van der Waals surface area contributed by atoms with E-state index in [0.29, 0.717) is 19.4 Å². The van der Waals surface area contributed by atoms with Gasteiger partial charge in [-0.2, -0.15) is 0 Å². The minimum atomic E-state index is -0.311. The Morgan fingerprint density at radius 1 is 1.19 bits per heavy atom. The summed E-state index contributed by atoms with van der Waals surface area (Å²) in [4.78, 5) is 21.0. The van der Waals surface area contributed by atoms with E-state index < -0.39 is 0 Å². The molecule has 0 saturated carbocycles. The van der Waals surface area contributed by atoms with Crippen LogP contribution in [-0.2, 0) is 10.2 Å². The number of carbonyl (C=O) groups excluding carboxylic acids is 1. The fourth-order valence-electron chi connectivity index (χ4n) is 4.86. The Labute approximate surface area is 193 Å². The first-order chi connectivity index (χ1) is 15.3. The summed E-state index contributed by atoms with van der Waals surface area (Å²) in [7, 11) is 0. The number of amides is 1. The molecule has 0 unspecified atom stereocenters. The summed E-state index contributed by atoms with van der Waals surface area (Å²) >= 11 is 1.71. The zero-order valence-corrected chi connectivity index (χ0v) is 19.7. The van der Waals surface area contributed by atoms with Gasteiger partial charge in [0.1, 0.15) is 5.82 Å². The van der Waals surface area contributed by atoms with Crippen molar-refractivity contribution in [1.82, 2.24) is 9.88 Å². The van der Waals surface area contributed by atoms with E-state index in [0.717, 1.165) is 33.8 Å². The molecule has 4 rings (SSSR count). The molecule has 1 aliphatic heterocycles. The summed E-state index contributed by atoms with van der Waals surface area (Å²) in [5.41, 5.74) is 4.04. The Balaban J connectivity index is 1.52. The number of aromatic nitrogens is 1. The first kappa shape index (κ1) is 22.4. The van der Waals surface area contributed by atoms with Crippen LogP contribution in [0.5, 0.6) is 0 Å². The topological polar surface area (TPSA) is 33.2 Å². The molecular formula is C27H29FN2OS. The van der Waals surface area contributed by atoms with Gasteiger partial charge < -0.3 is 4.90 Å². The fourth-order valence-corrected chi connectivity index (χ4v) is 5.78. The molecule has 1 aliphatic rings.